The highest BCUT2D eigenvalue weighted by Gasteiger charge is 2.25. The highest BCUT2D eigenvalue weighted by molar-refractivity contribution is 5.97. The van der Waals surface area contributed by atoms with E-state index in [0.29, 0.717) is 23.1 Å². The molecule has 0 N–H and O–H groups in total. The van der Waals surface area contributed by atoms with E-state index in [-0.39, 0.29) is 41.3 Å². The molecule has 2 heterocycles. The molecule has 3 aromatic rings. The number of carbonyl (C=O) groups excluding carboxylic acids is 1. The molecule has 2 aromatic carbocycles. The Morgan fingerprint density at radius 1 is 1.10 bits per heavy atom. The molecule has 0 atom stereocenters. The van der Waals surface area contributed by atoms with Gasteiger partial charge in [-0.25, -0.2) is 4.39 Å². The average molecular weight is 446 g/mol. The third-order valence-corrected chi connectivity index (χ3v) is 5.56. The number of likely N-dealkylation sites (tertiary alicyclic amines) is 1. The van der Waals surface area contributed by atoms with Gasteiger partial charge in [0.2, 0.25) is 0 Å². The standard InChI is InChI=1S/C24H24FNO4.ClH/c25-19-8-6-17(7-9-19)24(28)18-10-13-26(14-11-18)12-3-15-29-23-16-21(27)20-4-1-2-5-22(20)30-23;/h1-2,4-9,16,18H,3,10-15H2;1H. The van der Waals surface area contributed by atoms with Gasteiger partial charge in [0.25, 0.3) is 5.95 Å². The summed E-state index contributed by atoms with van der Waals surface area (Å²) >= 11 is 0. The number of fused-ring (bicyclic) bond motifs is 1. The van der Waals surface area contributed by atoms with Crippen molar-refractivity contribution in [3.63, 3.8) is 0 Å². The second kappa shape index (κ2) is 10.6. The normalized spacial score (nSPS) is 14.9. The second-order valence-corrected chi connectivity index (χ2v) is 7.61. The predicted molar refractivity (Wildman–Crippen MR) is 120 cm³/mol. The van der Waals surface area contributed by atoms with Crippen molar-refractivity contribution in [3.8, 4) is 5.95 Å². The minimum Gasteiger partial charge on any atom is -0.465 e. The number of hydrogen-bond acceptors (Lipinski definition) is 5. The minimum absolute atomic E-state index is 0. The van der Waals surface area contributed by atoms with Crippen LogP contribution in [0.4, 0.5) is 4.39 Å². The number of carbonyl (C=O) groups is 1. The van der Waals surface area contributed by atoms with Crippen molar-refractivity contribution >= 4 is 29.2 Å². The van der Waals surface area contributed by atoms with Gasteiger partial charge in [-0.2, -0.15) is 0 Å². The number of ketones is 1. The maximum Gasteiger partial charge on any atom is 0.288 e. The third kappa shape index (κ3) is 5.71. The second-order valence-electron chi connectivity index (χ2n) is 7.61. The summed E-state index contributed by atoms with van der Waals surface area (Å²) in [5, 5.41) is 0.544. The largest absolute Gasteiger partial charge is 0.465 e. The molecule has 164 valence electrons. The van der Waals surface area contributed by atoms with Gasteiger partial charge < -0.3 is 14.1 Å². The topological polar surface area (TPSA) is 59.8 Å². The van der Waals surface area contributed by atoms with Crippen LogP contribution >= 0.6 is 12.4 Å². The quantitative estimate of drug-likeness (QED) is 0.389. The smallest absolute Gasteiger partial charge is 0.288 e. The van der Waals surface area contributed by atoms with Crippen LogP contribution in [0.1, 0.15) is 29.6 Å². The fraction of sp³-hybridized carbons (Fsp3) is 0.333. The van der Waals surface area contributed by atoms with Gasteiger partial charge in [0, 0.05) is 18.0 Å². The van der Waals surface area contributed by atoms with Crippen LogP contribution in [0.15, 0.2) is 63.8 Å². The zero-order valence-electron chi connectivity index (χ0n) is 17.1. The molecular weight excluding hydrogens is 421 g/mol. The lowest BCUT2D eigenvalue weighted by molar-refractivity contribution is 0.0834. The number of nitrogens with zero attached hydrogens (tertiary/aromatic N) is 1. The Balaban J connectivity index is 0.00000272. The number of Topliss-reactive ketones (excluding diaryl/α,β-unsaturated/α-hetero) is 1. The summed E-state index contributed by atoms with van der Waals surface area (Å²) in [7, 11) is 0. The van der Waals surface area contributed by atoms with E-state index in [2.05, 4.69) is 4.90 Å². The summed E-state index contributed by atoms with van der Waals surface area (Å²) < 4.78 is 24.3. The van der Waals surface area contributed by atoms with Crippen LogP contribution in [0.3, 0.4) is 0 Å². The first-order valence-electron chi connectivity index (χ1n) is 10.3. The number of benzene rings is 2. The van der Waals surface area contributed by atoms with Gasteiger partial charge in [0.1, 0.15) is 11.4 Å². The number of para-hydroxylation sites is 1. The number of ether oxygens (including phenoxy) is 1. The lowest BCUT2D eigenvalue weighted by Gasteiger charge is -2.31. The zero-order chi connectivity index (χ0) is 20.9. The molecule has 1 aliphatic rings. The van der Waals surface area contributed by atoms with Crippen LogP contribution in [-0.2, 0) is 0 Å². The molecule has 1 saturated heterocycles. The Morgan fingerprint density at radius 3 is 2.55 bits per heavy atom. The molecule has 0 radical (unpaired) electrons. The molecule has 1 aromatic heterocycles. The number of rotatable bonds is 7. The lowest BCUT2D eigenvalue weighted by Crippen LogP contribution is -2.37. The van der Waals surface area contributed by atoms with Crippen LogP contribution in [0, 0.1) is 11.7 Å². The Hall–Kier alpha value is -2.70. The van der Waals surface area contributed by atoms with Crippen molar-refractivity contribution in [2.24, 2.45) is 5.92 Å². The molecular formula is C24H25ClFNO4. The molecule has 0 spiro atoms. The van der Waals surface area contributed by atoms with Crippen LogP contribution in [0.2, 0.25) is 0 Å². The van der Waals surface area contributed by atoms with Gasteiger partial charge in [-0.05, 0) is 68.8 Å². The summed E-state index contributed by atoms with van der Waals surface area (Å²) in [6, 6.07) is 14.3. The van der Waals surface area contributed by atoms with Crippen molar-refractivity contribution in [2.45, 2.75) is 19.3 Å². The van der Waals surface area contributed by atoms with Crippen LogP contribution in [0.5, 0.6) is 5.95 Å². The summed E-state index contributed by atoms with van der Waals surface area (Å²) in [5.41, 5.74) is 0.993. The summed E-state index contributed by atoms with van der Waals surface area (Å²) in [6.45, 7) is 3.01. The maximum atomic E-state index is 13.0. The fourth-order valence-electron chi connectivity index (χ4n) is 3.88. The first-order valence-corrected chi connectivity index (χ1v) is 10.3. The van der Waals surface area contributed by atoms with E-state index < -0.39 is 0 Å². The Morgan fingerprint density at radius 2 is 1.81 bits per heavy atom. The van der Waals surface area contributed by atoms with E-state index in [4.69, 9.17) is 9.15 Å². The van der Waals surface area contributed by atoms with Crippen molar-refractivity contribution in [1.29, 1.82) is 0 Å². The first kappa shape index (κ1) is 23.0. The third-order valence-electron chi connectivity index (χ3n) is 5.56. The van der Waals surface area contributed by atoms with Gasteiger partial charge in [0.05, 0.1) is 18.1 Å². The molecule has 0 amide bonds. The van der Waals surface area contributed by atoms with E-state index >= 15 is 0 Å². The molecule has 0 bridgehead atoms. The van der Waals surface area contributed by atoms with Crippen molar-refractivity contribution < 1.29 is 18.3 Å². The Kier molecular flexibility index (Phi) is 7.82. The summed E-state index contributed by atoms with van der Waals surface area (Å²) in [5.74, 6) is 0.00742. The van der Waals surface area contributed by atoms with Crippen molar-refractivity contribution in [3.05, 3.63) is 76.2 Å². The zero-order valence-corrected chi connectivity index (χ0v) is 17.9. The number of hydrogen-bond donors (Lipinski definition) is 0. The van der Waals surface area contributed by atoms with E-state index in [0.717, 1.165) is 38.9 Å². The minimum atomic E-state index is -0.327. The van der Waals surface area contributed by atoms with Gasteiger partial charge in [-0.3, -0.25) is 9.59 Å². The van der Waals surface area contributed by atoms with Gasteiger partial charge in [0.15, 0.2) is 11.2 Å². The average Bonchev–Trinajstić information content (AvgIpc) is 2.77. The molecule has 0 saturated carbocycles. The molecule has 4 rings (SSSR count). The molecule has 1 fully saturated rings. The van der Waals surface area contributed by atoms with Crippen LogP contribution in [-0.4, -0.2) is 36.9 Å². The van der Waals surface area contributed by atoms with Crippen LogP contribution in [0.25, 0.3) is 11.0 Å². The highest BCUT2D eigenvalue weighted by atomic mass is 35.5. The monoisotopic (exact) mass is 445 g/mol. The van der Waals surface area contributed by atoms with E-state index in [1.807, 2.05) is 6.07 Å². The maximum absolute atomic E-state index is 13.0. The SMILES string of the molecule is Cl.O=C(c1ccc(F)cc1)C1CCN(CCCOc2cc(=O)c3ccccc3o2)CC1. The van der Waals surface area contributed by atoms with E-state index in [9.17, 15) is 14.0 Å². The number of piperidine rings is 1. The highest BCUT2D eigenvalue weighted by Crippen LogP contribution is 2.22. The van der Waals surface area contributed by atoms with Gasteiger partial charge in [-0.15, -0.1) is 12.4 Å². The van der Waals surface area contributed by atoms with Crippen molar-refractivity contribution in [1.82, 2.24) is 4.90 Å². The van der Waals surface area contributed by atoms with Crippen molar-refractivity contribution in [2.75, 3.05) is 26.2 Å². The summed E-state index contributed by atoms with van der Waals surface area (Å²) in [4.78, 5) is 27.0. The molecule has 31 heavy (non-hydrogen) atoms. The van der Waals surface area contributed by atoms with Crippen LogP contribution < -0.4 is 10.2 Å². The molecule has 7 heteroatoms. The Bertz CT molecular complexity index is 1070. The first-order chi connectivity index (χ1) is 14.6. The number of halogens is 2. The molecule has 0 unspecified atom stereocenters. The molecule has 0 aliphatic carbocycles. The Labute approximate surface area is 186 Å². The lowest BCUT2D eigenvalue weighted by atomic mass is 9.89. The molecule has 1 aliphatic heterocycles. The van der Waals surface area contributed by atoms with E-state index in [1.54, 1.807) is 30.3 Å². The van der Waals surface area contributed by atoms with Gasteiger partial charge >= 0.3 is 0 Å². The van der Waals surface area contributed by atoms with Gasteiger partial charge in [-0.1, -0.05) is 12.1 Å². The van der Waals surface area contributed by atoms with E-state index in [1.165, 1.54) is 18.2 Å². The molecule has 5 nitrogen and oxygen atoms in total. The predicted octanol–water partition coefficient (Wildman–Crippen LogP) is 4.72. The fourth-order valence-corrected chi connectivity index (χ4v) is 3.88. The summed E-state index contributed by atoms with van der Waals surface area (Å²) in [6.07, 6.45) is 2.40.